The topological polar surface area (TPSA) is 124 Å². The predicted molar refractivity (Wildman–Crippen MR) is 43.4 cm³/mol. The van der Waals surface area contributed by atoms with Crippen molar-refractivity contribution in [2.45, 2.75) is 13.3 Å². The van der Waals surface area contributed by atoms with E-state index < -0.39 is 17.6 Å². The Balaban J connectivity index is 0. The number of carboxylic acid groups (broad SMARTS) is 2. The van der Waals surface area contributed by atoms with Crippen LogP contribution in [0.1, 0.15) is 13.3 Å². The molecule has 0 aliphatic rings. The molecule has 0 aromatic carbocycles. The van der Waals surface area contributed by atoms with Gasteiger partial charge in [-0.1, -0.05) is 6.92 Å². The fourth-order valence-corrected chi connectivity index (χ4v) is 0.195. The van der Waals surface area contributed by atoms with Crippen LogP contribution < -0.4 is 5.73 Å². The smallest absolute Gasteiger partial charge is 0.352 e. The number of nitrogens with zero attached hydrogens (tertiary/aromatic N) is 1. The Labute approximate surface area is 74.9 Å². The number of aliphatic carboxylic acids is 2. The van der Waals surface area contributed by atoms with Gasteiger partial charge in [-0.2, -0.15) is 5.26 Å². The molecule has 0 aromatic heterocycles. The van der Waals surface area contributed by atoms with Gasteiger partial charge in [0.2, 0.25) is 0 Å². The number of carboxylic acids is 2. The van der Waals surface area contributed by atoms with E-state index in [4.69, 9.17) is 21.2 Å². The quantitative estimate of drug-likeness (QED) is 0.518. The number of rotatable bonds is 2. The number of nitriles is 1. The second-order valence-electron chi connectivity index (χ2n) is 1.75. The number of carbonyl (C=O) groups is 2. The number of hydrogen-bond acceptors (Lipinski definition) is 4. The molecule has 0 fully saturated rings. The minimum atomic E-state index is -1.43. The van der Waals surface area contributed by atoms with Crippen LogP contribution in [0.5, 0.6) is 0 Å². The lowest BCUT2D eigenvalue weighted by Gasteiger charge is -1.86. The summed E-state index contributed by atoms with van der Waals surface area (Å²) in [6.45, 7) is 1.82. The summed E-state index contributed by atoms with van der Waals surface area (Å²) in [5.74, 6) is -2.80. The molecule has 0 spiro atoms. The summed E-state index contributed by atoms with van der Waals surface area (Å²) >= 11 is 0. The molecule has 0 radical (unpaired) electrons. The second kappa shape index (κ2) is 8.07. The zero-order valence-electron chi connectivity index (χ0n) is 7.02. The summed E-state index contributed by atoms with van der Waals surface area (Å²) in [5.41, 5.74) is 4.02. The number of hydrogen-bond donors (Lipinski definition) is 3. The lowest BCUT2D eigenvalue weighted by atomic mass is 10.4. The summed E-state index contributed by atoms with van der Waals surface area (Å²) in [6.07, 6.45) is 1.04. The maximum atomic E-state index is 9.78. The zero-order valence-corrected chi connectivity index (χ0v) is 7.02. The molecule has 0 aliphatic heterocycles. The summed E-state index contributed by atoms with van der Waals surface area (Å²) in [4.78, 5) is 19.5. The summed E-state index contributed by atoms with van der Waals surface area (Å²) in [7, 11) is 0. The molecule has 0 bridgehead atoms. The summed E-state index contributed by atoms with van der Waals surface area (Å²) in [5, 5.41) is 23.5. The largest absolute Gasteiger partial charge is 0.478 e. The van der Waals surface area contributed by atoms with Gasteiger partial charge in [0.1, 0.15) is 5.70 Å². The highest BCUT2D eigenvalue weighted by atomic mass is 16.4. The van der Waals surface area contributed by atoms with Crippen LogP contribution in [0.4, 0.5) is 0 Å². The molecule has 0 saturated carbocycles. The molecule has 0 aromatic rings. The van der Waals surface area contributed by atoms with Crippen molar-refractivity contribution in [2.75, 3.05) is 0 Å². The van der Waals surface area contributed by atoms with Gasteiger partial charge in [-0.05, 0) is 0 Å². The summed E-state index contributed by atoms with van der Waals surface area (Å²) in [6, 6.07) is 1.93. The molecule has 0 atom stereocenters. The van der Waals surface area contributed by atoms with E-state index in [1.165, 1.54) is 0 Å². The molecular formula is C7H10N2O4. The highest BCUT2D eigenvalue weighted by Gasteiger charge is 2.01. The van der Waals surface area contributed by atoms with Gasteiger partial charge >= 0.3 is 11.9 Å². The van der Waals surface area contributed by atoms with Crippen molar-refractivity contribution in [3.63, 3.8) is 0 Å². The van der Waals surface area contributed by atoms with Gasteiger partial charge < -0.3 is 15.9 Å². The first-order valence-corrected chi connectivity index (χ1v) is 3.26. The van der Waals surface area contributed by atoms with E-state index in [9.17, 15) is 9.59 Å². The highest BCUT2D eigenvalue weighted by molar-refractivity contribution is 5.93. The van der Waals surface area contributed by atoms with Crippen LogP contribution in [-0.4, -0.2) is 22.2 Å². The van der Waals surface area contributed by atoms with Crippen molar-refractivity contribution in [1.29, 1.82) is 5.26 Å². The Hall–Kier alpha value is -2.03. The molecule has 0 saturated heterocycles. The normalized spacial score (nSPS) is 9.08. The highest BCUT2D eigenvalue weighted by Crippen LogP contribution is 1.81. The van der Waals surface area contributed by atoms with Crippen molar-refractivity contribution in [3.05, 3.63) is 11.8 Å². The fraction of sp³-hybridized carbons (Fsp3) is 0.286. The van der Waals surface area contributed by atoms with E-state index in [1.54, 1.807) is 0 Å². The Morgan fingerprint density at radius 1 is 1.54 bits per heavy atom. The third-order valence-corrected chi connectivity index (χ3v) is 0.684. The maximum Gasteiger partial charge on any atom is 0.352 e. The van der Waals surface area contributed by atoms with E-state index in [0.29, 0.717) is 12.5 Å². The van der Waals surface area contributed by atoms with Crippen LogP contribution >= 0.6 is 0 Å². The molecule has 6 heteroatoms. The van der Waals surface area contributed by atoms with E-state index >= 15 is 0 Å². The van der Waals surface area contributed by atoms with Crippen molar-refractivity contribution in [1.82, 2.24) is 0 Å². The standard InChI is InChI=1S/C4H5NO4.C3H5N/c5-2(4(8)9)1-3(6)7;1-2-3-4/h1H,5H2,(H,6,7)(H,8,9);2H2,1H3/b2-1-;. The van der Waals surface area contributed by atoms with E-state index in [0.717, 1.165) is 0 Å². The first kappa shape index (κ1) is 13.6. The lowest BCUT2D eigenvalue weighted by molar-refractivity contribution is -0.135. The van der Waals surface area contributed by atoms with Crippen molar-refractivity contribution >= 4 is 11.9 Å². The zero-order chi connectivity index (χ0) is 10.9. The van der Waals surface area contributed by atoms with Gasteiger partial charge in [-0.3, -0.25) is 0 Å². The minimum absolute atomic E-state index is 0.419. The molecule has 0 aliphatic carbocycles. The second-order valence-corrected chi connectivity index (χ2v) is 1.75. The van der Waals surface area contributed by atoms with E-state index in [1.807, 2.05) is 13.0 Å². The Kier molecular flexibility index (Phi) is 8.41. The van der Waals surface area contributed by atoms with Gasteiger partial charge in [0.15, 0.2) is 0 Å². The van der Waals surface area contributed by atoms with Gasteiger partial charge in [0.05, 0.1) is 12.1 Å². The third kappa shape index (κ3) is 13.0. The van der Waals surface area contributed by atoms with Crippen molar-refractivity contribution < 1.29 is 19.8 Å². The maximum absolute atomic E-state index is 9.78. The first-order chi connectivity index (χ1) is 5.95. The van der Waals surface area contributed by atoms with Crippen LogP contribution in [0.15, 0.2) is 11.8 Å². The van der Waals surface area contributed by atoms with Crippen molar-refractivity contribution in [3.8, 4) is 6.07 Å². The molecule has 13 heavy (non-hydrogen) atoms. The van der Waals surface area contributed by atoms with Gasteiger partial charge in [-0.25, -0.2) is 9.59 Å². The lowest BCUT2D eigenvalue weighted by Crippen LogP contribution is -2.11. The van der Waals surface area contributed by atoms with Crippen LogP contribution in [0, 0.1) is 11.3 Å². The van der Waals surface area contributed by atoms with Crippen LogP contribution in [-0.2, 0) is 9.59 Å². The molecule has 0 heterocycles. The molecule has 6 nitrogen and oxygen atoms in total. The SMILES string of the molecule is CCC#N.N/C(=C\C(=O)O)C(=O)O. The predicted octanol–water partition coefficient (Wildman–Crippen LogP) is -0.0818. The summed E-state index contributed by atoms with van der Waals surface area (Å²) < 4.78 is 0. The monoisotopic (exact) mass is 186 g/mol. The average Bonchev–Trinajstić information content (AvgIpc) is 2.03. The molecular weight excluding hydrogens is 176 g/mol. The average molecular weight is 186 g/mol. The van der Waals surface area contributed by atoms with Crippen molar-refractivity contribution in [2.24, 2.45) is 5.73 Å². The Morgan fingerprint density at radius 2 is 1.92 bits per heavy atom. The molecule has 0 amide bonds. The molecule has 0 unspecified atom stereocenters. The molecule has 0 rings (SSSR count). The molecule has 4 N–H and O–H groups in total. The Bertz CT molecular complexity index is 252. The fourth-order valence-electron chi connectivity index (χ4n) is 0.195. The van der Waals surface area contributed by atoms with Gasteiger partial charge in [-0.15, -0.1) is 0 Å². The molecule has 72 valence electrons. The van der Waals surface area contributed by atoms with Crippen LogP contribution in [0.2, 0.25) is 0 Å². The van der Waals surface area contributed by atoms with Crippen LogP contribution in [0.3, 0.4) is 0 Å². The Morgan fingerprint density at radius 3 is 2.00 bits per heavy atom. The minimum Gasteiger partial charge on any atom is -0.478 e. The first-order valence-electron chi connectivity index (χ1n) is 3.26. The third-order valence-electron chi connectivity index (χ3n) is 0.684. The van der Waals surface area contributed by atoms with E-state index in [2.05, 4.69) is 0 Å². The van der Waals surface area contributed by atoms with E-state index in [-0.39, 0.29) is 0 Å². The van der Waals surface area contributed by atoms with Gasteiger partial charge in [0, 0.05) is 6.42 Å². The van der Waals surface area contributed by atoms with Crippen LogP contribution in [0.25, 0.3) is 0 Å². The van der Waals surface area contributed by atoms with Gasteiger partial charge in [0.25, 0.3) is 0 Å². The number of nitrogens with two attached hydrogens (primary N) is 1.